The van der Waals surface area contributed by atoms with Crippen molar-refractivity contribution >= 4 is 15.9 Å². The lowest BCUT2D eigenvalue weighted by atomic mass is 10.0. The van der Waals surface area contributed by atoms with E-state index in [2.05, 4.69) is 82.0 Å². The molecular formula is C23H18BrNO. The molecule has 1 heterocycles. The Morgan fingerprint density at radius 1 is 0.769 bits per heavy atom. The molecule has 0 amide bonds. The van der Waals surface area contributed by atoms with Gasteiger partial charge in [-0.3, -0.25) is 0 Å². The Hall–Kier alpha value is -2.78. The Kier molecular flexibility index (Phi) is 4.39. The van der Waals surface area contributed by atoms with Gasteiger partial charge in [-0.25, -0.2) is 0 Å². The van der Waals surface area contributed by atoms with Crippen LogP contribution in [-0.2, 0) is 0 Å². The Bertz CT molecular complexity index is 1030. The zero-order valence-electron chi connectivity index (χ0n) is 14.4. The number of hydrogen-bond donors (Lipinski definition) is 1. The molecule has 4 aromatic rings. The normalized spacial score (nSPS) is 10.8. The summed E-state index contributed by atoms with van der Waals surface area (Å²) < 4.78 is 3.32. The summed E-state index contributed by atoms with van der Waals surface area (Å²) in [6.45, 7) is 2.12. The summed E-state index contributed by atoms with van der Waals surface area (Å²) in [7, 11) is 0. The first kappa shape index (κ1) is 16.7. The Balaban J connectivity index is 2.00. The molecule has 0 unspecified atom stereocenters. The number of aromatic hydroxyl groups is 1. The van der Waals surface area contributed by atoms with E-state index in [1.807, 2.05) is 18.2 Å². The number of halogens is 1. The maximum atomic E-state index is 9.70. The fourth-order valence-electron chi connectivity index (χ4n) is 3.30. The molecule has 3 heteroatoms. The lowest BCUT2D eigenvalue weighted by Gasteiger charge is -2.14. The van der Waals surface area contributed by atoms with E-state index < -0.39 is 0 Å². The predicted molar refractivity (Wildman–Crippen MR) is 111 cm³/mol. The largest absolute Gasteiger partial charge is 0.508 e. The number of aryl methyl sites for hydroxylation is 1. The van der Waals surface area contributed by atoms with Crippen molar-refractivity contribution in [1.29, 1.82) is 0 Å². The highest BCUT2D eigenvalue weighted by molar-refractivity contribution is 9.10. The summed E-state index contributed by atoms with van der Waals surface area (Å²) in [4.78, 5) is 0. The molecule has 3 aromatic carbocycles. The highest BCUT2D eigenvalue weighted by atomic mass is 79.9. The molecule has 128 valence electrons. The van der Waals surface area contributed by atoms with Crippen molar-refractivity contribution in [2.24, 2.45) is 0 Å². The molecule has 0 aliphatic carbocycles. The Labute approximate surface area is 161 Å². The van der Waals surface area contributed by atoms with Crippen molar-refractivity contribution in [2.75, 3.05) is 0 Å². The second kappa shape index (κ2) is 6.85. The van der Waals surface area contributed by atoms with Crippen LogP contribution in [0.25, 0.3) is 28.1 Å². The molecule has 2 nitrogen and oxygen atoms in total. The fourth-order valence-corrected chi connectivity index (χ4v) is 3.57. The topological polar surface area (TPSA) is 25.2 Å². The molecule has 0 aliphatic rings. The van der Waals surface area contributed by atoms with E-state index in [1.165, 1.54) is 11.1 Å². The van der Waals surface area contributed by atoms with Gasteiger partial charge < -0.3 is 9.67 Å². The summed E-state index contributed by atoms with van der Waals surface area (Å²) in [5.41, 5.74) is 6.81. The quantitative estimate of drug-likeness (QED) is 0.410. The van der Waals surface area contributed by atoms with E-state index in [-0.39, 0.29) is 5.75 Å². The van der Waals surface area contributed by atoms with Gasteiger partial charge in [0.15, 0.2) is 0 Å². The molecule has 26 heavy (non-hydrogen) atoms. The number of phenols is 1. The highest BCUT2D eigenvalue weighted by Crippen LogP contribution is 2.37. The number of aromatic nitrogens is 1. The average Bonchev–Trinajstić information content (AvgIpc) is 3.01. The van der Waals surface area contributed by atoms with Crippen LogP contribution in [0.1, 0.15) is 5.69 Å². The van der Waals surface area contributed by atoms with Crippen molar-refractivity contribution in [1.82, 2.24) is 4.57 Å². The molecule has 0 atom stereocenters. The first-order chi connectivity index (χ1) is 12.6. The van der Waals surface area contributed by atoms with Crippen LogP contribution in [0.4, 0.5) is 0 Å². The lowest BCUT2D eigenvalue weighted by Crippen LogP contribution is -1.99. The number of benzene rings is 3. The van der Waals surface area contributed by atoms with E-state index in [1.54, 1.807) is 12.1 Å². The minimum Gasteiger partial charge on any atom is -0.508 e. The zero-order valence-corrected chi connectivity index (χ0v) is 15.9. The number of hydrogen-bond acceptors (Lipinski definition) is 1. The van der Waals surface area contributed by atoms with Gasteiger partial charge >= 0.3 is 0 Å². The maximum absolute atomic E-state index is 9.70. The Morgan fingerprint density at radius 2 is 1.42 bits per heavy atom. The third-order valence-corrected chi connectivity index (χ3v) is 5.02. The smallest absolute Gasteiger partial charge is 0.115 e. The molecule has 0 fully saturated rings. The Morgan fingerprint density at radius 3 is 2.08 bits per heavy atom. The lowest BCUT2D eigenvalue weighted by molar-refractivity contribution is 0.475. The van der Waals surface area contributed by atoms with Gasteiger partial charge in [-0.15, -0.1) is 0 Å². The molecule has 4 rings (SSSR count). The molecule has 0 saturated heterocycles. The molecule has 0 saturated carbocycles. The van der Waals surface area contributed by atoms with Crippen molar-refractivity contribution in [3.8, 4) is 33.8 Å². The average molecular weight is 404 g/mol. The number of rotatable bonds is 3. The molecular weight excluding hydrogens is 386 g/mol. The van der Waals surface area contributed by atoms with Crippen molar-refractivity contribution < 1.29 is 5.11 Å². The fraction of sp³-hybridized carbons (Fsp3) is 0.0435. The second-order valence-corrected chi connectivity index (χ2v) is 7.19. The van der Waals surface area contributed by atoms with Gasteiger partial charge in [0.1, 0.15) is 5.75 Å². The van der Waals surface area contributed by atoms with Crippen LogP contribution in [0.2, 0.25) is 0 Å². The molecule has 0 aliphatic heterocycles. The van der Waals surface area contributed by atoms with Crippen LogP contribution in [-0.4, -0.2) is 9.67 Å². The summed E-state index contributed by atoms with van der Waals surface area (Å²) >= 11 is 3.51. The standard InChI is InChI=1S/C23H18BrNO/c1-16-15-22(17-5-3-2-4-6-17)23(18-7-13-21(26)14-8-18)25(16)20-11-9-19(24)10-12-20/h2-15,26H,1H3. The first-order valence-electron chi connectivity index (χ1n) is 8.46. The maximum Gasteiger partial charge on any atom is 0.115 e. The molecule has 1 aromatic heterocycles. The first-order valence-corrected chi connectivity index (χ1v) is 9.26. The van der Waals surface area contributed by atoms with Gasteiger partial charge in [0.05, 0.1) is 5.69 Å². The van der Waals surface area contributed by atoms with Gasteiger partial charge in [-0.2, -0.15) is 0 Å². The minimum atomic E-state index is 0.272. The number of nitrogens with zero attached hydrogens (tertiary/aromatic N) is 1. The van der Waals surface area contributed by atoms with Crippen molar-refractivity contribution in [3.05, 3.63) is 95.1 Å². The minimum absolute atomic E-state index is 0.272. The number of phenolic OH excluding ortho intramolecular Hbond substituents is 1. The molecule has 0 bridgehead atoms. The van der Waals surface area contributed by atoms with E-state index >= 15 is 0 Å². The van der Waals surface area contributed by atoms with Gasteiger partial charge in [0.25, 0.3) is 0 Å². The van der Waals surface area contributed by atoms with Gasteiger partial charge in [0.2, 0.25) is 0 Å². The van der Waals surface area contributed by atoms with Crippen LogP contribution in [0.15, 0.2) is 89.4 Å². The van der Waals surface area contributed by atoms with E-state index in [0.717, 1.165) is 27.1 Å². The van der Waals surface area contributed by atoms with E-state index in [9.17, 15) is 5.11 Å². The van der Waals surface area contributed by atoms with Crippen LogP contribution in [0, 0.1) is 6.92 Å². The predicted octanol–water partition coefficient (Wildman–Crippen LogP) is 6.59. The van der Waals surface area contributed by atoms with Gasteiger partial charge in [-0.1, -0.05) is 46.3 Å². The van der Waals surface area contributed by atoms with Crippen molar-refractivity contribution in [2.45, 2.75) is 6.92 Å². The highest BCUT2D eigenvalue weighted by Gasteiger charge is 2.17. The van der Waals surface area contributed by atoms with Gasteiger partial charge in [-0.05, 0) is 72.6 Å². The summed E-state index contributed by atoms with van der Waals surface area (Å²) in [6, 6.07) is 28.3. The van der Waals surface area contributed by atoms with Crippen LogP contribution in [0.5, 0.6) is 5.75 Å². The summed E-state index contributed by atoms with van der Waals surface area (Å²) in [5.74, 6) is 0.272. The summed E-state index contributed by atoms with van der Waals surface area (Å²) in [6.07, 6.45) is 0. The van der Waals surface area contributed by atoms with Gasteiger partial charge in [0, 0.05) is 21.4 Å². The molecule has 1 N–H and O–H groups in total. The zero-order chi connectivity index (χ0) is 18.1. The van der Waals surface area contributed by atoms with Crippen molar-refractivity contribution in [3.63, 3.8) is 0 Å². The van der Waals surface area contributed by atoms with E-state index in [4.69, 9.17) is 0 Å². The molecule has 0 radical (unpaired) electrons. The van der Waals surface area contributed by atoms with Crippen LogP contribution in [0.3, 0.4) is 0 Å². The monoisotopic (exact) mass is 403 g/mol. The van der Waals surface area contributed by atoms with E-state index in [0.29, 0.717) is 0 Å². The second-order valence-electron chi connectivity index (χ2n) is 6.27. The molecule has 0 spiro atoms. The SMILES string of the molecule is Cc1cc(-c2ccccc2)c(-c2ccc(O)cc2)n1-c1ccc(Br)cc1. The third-order valence-electron chi connectivity index (χ3n) is 4.50. The van der Waals surface area contributed by atoms with Crippen LogP contribution >= 0.6 is 15.9 Å². The van der Waals surface area contributed by atoms with Crippen LogP contribution < -0.4 is 0 Å². The third kappa shape index (κ3) is 3.06. The summed E-state index contributed by atoms with van der Waals surface area (Å²) in [5, 5.41) is 9.70.